The summed E-state index contributed by atoms with van der Waals surface area (Å²) < 4.78 is 40.0. The summed E-state index contributed by atoms with van der Waals surface area (Å²) in [6, 6.07) is 22.1. The van der Waals surface area contributed by atoms with E-state index in [-0.39, 0.29) is 30.7 Å². The summed E-state index contributed by atoms with van der Waals surface area (Å²) in [4.78, 5) is 12.8. The monoisotopic (exact) mass is 516 g/mol. The van der Waals surface area contributed by atoms with Crippen molar-refractivity contribution < 1.29 is 22.7 Å². The van der Waals surface area contributed by atoms with Crippen molar-refractivity contribution in [2.24, 2.45) is 0 Å². The van der Waals surface area contributed by atoms with E-state index in [4.69, 9.17) is 9.47 Å². The van der Waals surface area contributed by atoms with Gasteiger partial charge in [-0.05, 0) is 48.5 Å². The first kappa shape index (κ1) is 22.2. The van der Waals surface area contributed by atoms with Gasteiger partial charge in [0.25, 0.3) is 10.0 Å². The molecule has 0 aliphatic carbocycles. The van der Waals surface area contributed by atoms with Crippen LogP contribution in [0.5, 0.6) is 11.5 Å². The molecule has 1 aliphatic rings. The van der Waals surface area contributed by atoms with Gasteiger partial charge in [-0.25, -0.2) is 8.42 Å². The van der Waals surface area contributed by atoms with Gasteiger partial charge in [-0.3, -0.25) is 9.10 Å². The minimum atomic E-state index is -3.94. The van der Waals surface area contributed by atoms with Gasteiger partial charge in [0, 0.05) is 4.47 Å². The number of nitrogens with zero attached hydrogens (tertiary/aromatic N) is 1. The average molecular weight is 517 g/mol. The van der Waals surface area contributed by atoms with E-state index in [1.165, 1.54) is 12.1 Å². The molecule has 0 aromatic heterocycles. The smallest absolute Gasteiger partial charge is 0.264 e. The fraction of sp³-hybridized carbons (Fsp3) is 0.174. The Balaban J connectivity index is 1.47. The second-order valence-corrected chi connectivity index (χ2v) is 9.88. The van der Waals surface area contributed by atoms with Gasteiger partial charge in [0.2, 0.25) is 5.91 Å². The van der Waals surface area contributed by atoms with Crippen molar-refractivity contribution in [2.45, 2.75) is 11.0 Å². The summed E-state index contributed by atoms with van der Waals surface area (Å²) in [5, 5.41) is 2.76. The van der Waals surface area contributed by atoms with Crippen LogP contribution >= 0.6 is 15.9 Å². The summed E-state index contributed by atoms with van der Waals surface area (Å²) in [5.41, 5.74) is 0.387. The number of fused-ring (bicyclic) bond motifs is 1. The summed E-state index contributed by atoms with van der Waals surface area (Å²) in [6.07, 6.45) is -0.374. The maximum Gasteiger partial charge on any atom is 0.264 e. The van der Waals surface area contributed by atoms with Gasteiger partial charge in [0.15, 0.2) is 11.5 Å². The largest absolute Gasteiger partial charge is 0.486 e. The lowest BCUT2D eigenvalue weighted by molar-refractivity contribution is -0.120. The fourth-order valence-electron chi connectivity index (χ4n) is 3.22. The van der Waals surface area contributed by atoms with Crippen molar-refractivity contribution in [3.8, 4) is 11.5 Å². The Morgan fingerprint density at radius 2 is 1.62 bits per heavy atom. The van der Waals surface area contributed by atoms with E-state index in [1.54, 1.807) is 48.5 Å². The molecule has 0 saturated heterocycles. The highest BCUT2D eigenvalue weighted by Crippen LogP contribution is 2.30. The van der Waals surface area contributed by atoms with Gasteiger partial charge in [0.05, 0.1) is 17.1 Å². The van der Waals surface area contributed by atoms with E-state index in [9.17, 15) is 13.2 Å². The number of rotatable bonds is 7. The van der Waals surface area contributed by atoms with E-state index in [0.717, 1.165) is 8.78 Å². The third-order valence-corrected chi connectivity index (χ3v) is 7.14. The van der Waals surface area contributed by atoms with Crippen LogP contribution in [0.1, 0.15) is 0 Å². The predicted molar refractivity (Wildman–Crippen MR) is 124 cm³/mol. The molecule has 0 saturated carbocycles. The highest BCUT2D eigenvalue weighted by molar-refractivity contribution is 9.10. The molecule has 0 unspecified atom stereocenters. The Morgan fingerprint density at radius 3 is 2.34 bits per heavy atom. The molecule has 1 amide bonds. The third-order valence-electron chi connectivity index (χ3n) is 4.83. The summed E-state index contributed by atoms with van der Waals surface area (Å²) in [6.45, 7) is 0.103. The number of amides is 1. The zero-order chi connectivity index (χ0) is 22.6. The van der Waals surface area contributed by atoms with E-state index in [2.05, 4.69) is 21.2 Å². The maximum atomic E-state index is 13.3. The molecule has 166 valence electrons. The minimum absolute atomic E-state index is 0.108. The Kier molecular flexibility index (Phi) is 6.66. The minimum Gasteiger partial charge on any atom is -0.486 e. The van der Waals surface area contributed by atoms with Gasteiger partial charge >= 0.3 is 0 Å². The summed E-state index contributed by atoms with van der Waals surface area (Å²) in [7, 11) is -3.94. The molecule has 1 heterocycles. The number of carbonyl (C=O) groups is 1. The zero-order valence-corrected chi connectivity index (χ0v) is 19.4. The number of anilines is 1. The van der Waals surface area contributed by atoms with Crippen LogP contribution in [-0.2, 0) is 14.8 Å². The Morgan fingerprint density at radius 1 is 0.969 bits per heavy atom. The van der Waals surface area contributed by atoms with Crippen LogP contribution in [0.3, 0.4) is 0 Å². The standard InChI is InChI=1S/C23H21BrN2O5S/c24-17-10-12-18(13-11-17)26(32(28,29)20-6-2-1-3-7-20)15-23(27)25-14-19-16-30-21-8-4-5-9-22(21)31-19/h1-13,19H,14-16H2,(H,25,27)/t19-/m1/s1. The van der Waals surface area contributed by atoms with Crippen molar-refractivity contribution in [3.63, 3.8) is 0 Å². The average Bonchev–Trinajstić information content (AvgIpc) is 2.82. The molecule has 0 spiro atoms. The van der Waals surface area contributed by atoms with Gasteiger partial charge in [-0.15, -0.1) is 0 Å². The second kappa shape index (κ2) is 9.62. The highest BCUT2D eigenvalue weighted by atomic mass is 79.9. The van der Waals surface area contributed by atoms with Crippen LogP contribution in [0, 0.1) is 0 Å². The van der Waals surface area contributed by atoms with Crippen molar-refractivity contribution in [1.29, 1.82) is 0 Å². The van der Waals surface area contributed by atoms with E-state index in [1.807, 2.05) is 18.2 Å². The number of hydrogen-bond acceptors (Lipinski definition) is 5. The number of nitrogens with one attached hydrogen (secondary N) is 1. The molecule has 32 heavy (non-hydrogen) atoms. The van der Waals surface area contributed by atoms with Gasteiger partial charge in [-0.2, -0.15) is 0 Å². The molecule has 0 bridgehead atoms. The molecule has 1 N–H and O–H groups in total. The molecule has 7 nitrogen and oxygen atoms in total. The van der Waals surface area contributed by atoms with Gasteiger partial charge < -0.3 is 14.8 Å². The maximum absolute atomic E-state index is 13.3. The topological polar surface area (TPSA) is 84.9 Å². The first-order valence-electron chi connectivity index (χ1n) is 9.92. The molecule has 3 aromatic rings. The molecule has 1 aliphatic heterocycles. The zero-order valence-electron chi connectivity index (χ0n) is 17.0. The van der Waals surface area contributed by atoms with Gasteiger partial charge in [-0.1, -0.05) is 46.3 Å². The van der Waals surface area contributed by atoms with Crippen LogP contribution in [0.4, 0.5) is 5.69 Å². The van der Waals surface area contributed by atoms with Gasteiger partial charge in [0.1, 0.15) is 19.3 Å². The number of benzene rings is 3. The quantitative estimate of drug-likeness (QED) is 0.518. The number of halogens is 1. The van der Waals surface area contributed by atoms with Crippen LogP contribution in [0.25, 0.3) is 0 Å². The second-order valence-electron chi connectivity index (χ2n) is 7.10. The van der Waals surface area contributed by atoms with Crippen molar-refractivity contribution in [2.75, 3.05) is 24.0 Å². The van der Waals surface area contributed by atoms with Crippen LogP contribution < -0.4 is 19.1 Å². The normalized spacial score (nSPS) is 15.1. The number of hydrogen-bond donors (Lipinski definition) is 1. The van der Waals surface area contributed by atoms with Crippen LogP contribution in [-0.4, -0.2) is 40.1 Å². The molecule has 4 rings (SSSR count). The summed E-state index contributed by atoms with van der Waals surface area (Å²) >= 11 is 3.35. The first-order valence-corrected chi connectivity index (χ1v) is 12.2. The molecular weight excluding hydrogens is 496 g/mol. The number of carbonyl (C=O) groups excluding carboxylic acids is 1. The van der Waals surface area contributed by atoms with Crippen LogP contribution in [0.15, 0.2) is 88.2 Å². The molecular formula is C23H21BrN2O5S. The summed E-state index contributed by atoms with van der Waals surface area (Å²) in [5.74, 6) is 0.821. The third kappa shape index (κ3) is 5.05. The number of sulfonamides is 1. The molecule has 9 heteroatoms. The van der Waals surface area contributed by atoms with Crippen molar-refractivity contribution in [3.05, 3.63) is 83.3 Å². The van der Waals surface area contributed by atoms with E-state index < -0.39 is 15.9 Å². The lowest BCUT2D eigenvalue weighted by Crippen LogP contribution is -2.45. The Labute approximate surface area is 195 Å². The molecule has 0 radical (unpaired) electrons. The lowest BCUT2D eigenvalue weighted by atomic mass is 10.2. The first-order chi connectivity index (χ1) is 15.4. The number of para-hydroxylation sites is 2. The van der Waals surface area contributed by atoms with E-state index in [0.29, 0.717) is 17.2 Å². The SMILES string of the molecule is O=C(CN(c1ccc(Br)cc1)S(=O)(=O)c1ccccc1)NC[C@@H]1COc2ccccc2O1. The number of ether oxygens (including phenoxy) is 2. The highest BCUT2D eigenvalue weighted by Gasteiger charge is 2.28. The fourth-order valence-corrected chi connectivity index (χ4v) is 4.93. The molecule has 1 atom stereocenters. The Hall–Kier alpha value is -3.04. The lowest BCUT2D eigenvalue weighted by Gasteiger charge is -2.27. The van der Waals surface area contributed by atoms with Crippen molar-refractivity contribution in [1.82, 2.24) is 5.32 Å². The van der Waals surface area contributed by atoms with E-state index >= 15 is 0 Å². The Bertz CT molecular complexity index is 1190. The van der Waals surface area contributed by atoms with Crippen molar-refractivity contribution >= 4 is 37.5 Å². The molecule has 3 aromatic carbocycles. The van der Waals surface area contributed by atoms with Crippen LogP contribution in [0.2, 0.25) is 0 Å². The molecule has 0 fully saturated rings. The predicted octanol–water partition coefficient (Wildman–Crippen LogP) is 3.60.